The van der Waals surface area contributed by atoms with Crippen LogP contribution in [0.3, 0.4) is 0 Å². The van der Waals surface area contributed by atoms with Crippen LogP contribution in [0.4, 0.5) is 4.79 Å². The summed E-state index contributed by atoms with van der Waals surface area (Å²) in [5.41, 5.74) is 1.15. The summed E-state index contributed by atoms with van der Waals surface area (Å²) in [7, 11) is 1.73. The fourth-order valence-corrected chi connectivity index (χ4v) is 5.18. The molecule has 5 atom stereocenters. The zero-order valence-corrected chi connectivity index (χ0v) is 26.0. The number of rotatable bonds is 14. The summed E-state index contributed by atoms with van der Waals surface area (Å²) in [6.45, 7) is 12.8. The first-order valence-corrected chi connectivity index (χ1v) is 15.0. The Morgan fingerprint density at radius 1 is 0.902 bits per heavy atom. The van der Waals surface area contributed by atoms with E-state index in [0.29, 0.717) is 19.6 Å². The molecular weight excluding hydrogens is 518 g/mol. The van der Waals surface area contributed by atoms with E-state index in [4.69, 9.17) is 18.9 Å². The number of carbonyl (C=O) groups is 1. The van der Waals surface area contributed by atoms with Gasteiger partial charge in [0.05, 0.1) is 44.2 Å². The van der Waals surface area contributed by atoms with Gasteiger partial charge in [-0.3, -0.25) is 0 Å². The lowest BCUT2D eigenvalue weighted by molar-refractivity contribution is -0.121. The molecule has 1 aliphatic rings. The van der Waals surface area contributed by atoms with Gasteiger partial charge in [0.25, 0.3) is 0 Å². The monoisotopic (exact) mass is 569 g/mol. The van der Waals surface area contributed by atoms with Crippen LogP contribution < -0.4 is 0 Å². The smallest absolute Gasteiger partial charge is 0.410 e. The molecule has 3 rings (SSSR count). The number of hydrogen-bond donors (Lipinski definition) is 1. The number of ether oxygens (including phenoxy) is 4. The Kier molecular flexibility index (Phi) is 12.2. The van der Waals surface area contributed by atoms with E-state index in [9.17, 15) is 9.90 Å². The molecule has 0 aliphatic heterocycles. The molecule has 0 spiro atoms. The fraction of sp³-hybridized carbons (Fsp3) is 0.618. The number of aliphatic hydroxyl groups excluding tert-OH is 1. The molecule has 7 heteroatoms. The average molecular weight is 570 g/mol. The molecule has 41 heavy (non-hydrogen) atoms. The maximum atomic E-state index is 13.3. The third-order valence-corrected chi connectivity index (χ3v) is 7.81. The molecule has 0 bridgehead atoms. The van der Waals surface area contributed by atoms with Gasteiger partial charge in [-0.05, 0) is 43.7 Å². The van der Waals surface area contributed by atoms with Crippen LogP contribution in [-0.4, -0.2) is 65.8 Å². The lowest BCUT2D eigenvalue weighted by atomic mass is 9.82. The molecule has 1 fully saturated rings. The van der Waals surface area contributed by atoms with Gasteiger partial charge in [0, 0.05) is 13.5 Å². The number of amides is 1. The molecule has 0 heterocycles. The predicted octanol–water partition coefficient (Wildman–Crippen LogP) is 6.76. The Hall–Kier alpha value is -2.45. The van der Waals surface area contributed by atoms with Gasteiger partial charge in [0.1, 0.15) is 11.7 Å². The van der Waals surface area contributed by atoms with Crippen molar-refractivity contribution in [1.29, 1.82) is 0 Å². The number of aliphatic hydroxyl groups is 1. The SMILES string of the molecule is CCCCC(C)(C)C(O)CO[C@@H]1[C@@H](N(C)C(=O)OC(C)(C)C)[C@H](OCc2ccccc2)C[C@@H]1OCc1ccccc1. The van der Waals surface area contributed by atoms with Crippen molar-refractivity contribution < 1.29 is 28.8 Å². The molecule has 1 amide bonds. The quantitative estimate of drug-likeness (QED) is 0.271. The molecule has 1 N–H and O–H groups in total. The minimum Gasteiger partial charge on any atom is -0.444 e. The lowest BCUT2D eigenvalue weighted by Gasteiger charge is -2.37. The summed E-state index contributed by atoms with van der Waals surface area (Å²) in [6, 6.07) is 19.5. The van der Waals surface area contributed by atoms with Crippen molar-refractivity contribution in [2.75, 3.05) is 13.7 Å². The van der Waals surface area contributed by atoms with E-state index in [1.54, 1.807) is 11.9 Å². The number of likely N-dealkylation sites (N-methyl/N-ethyl adjacent to an activating group) is 1. The van der Waals surface area contributed by atoms with E-state index < -0.39 is 29.9 Å². The number of unbranched alkanes of at least 4 members (excludes halogenated alkanes) is 1. The molecule has 0 aromatic heterocycles. The Bertz CT molecular complexity index is 1040. The molecule has 7 nitrogen and oxygen atoms in total. The van der Waals surface area contributed by atoms with Crippen molar-refractivity contribution in [2.45, 2.75) is 116 Å². The minimum absolute atomic E-state index is 0.136. The minimum atomic E-state index is -0.666. The summed E-state index contributed by atoms with van der Waals surface area (Å²) in [5.74, 6) is 0. The molecule has 1 aliphatic carbocycles. The van der Waals surface area contributed by atoms with Gasteiger partial charge >= 0.3 is 6.09 Å². The molecule has 228 valence electrons. The second-order valence-electron chi connectivity index (χ2n) is 12.9. The van der Waals surface area contributed by atoms with Gasteiger partial charge in [-0.2, -0.15) is 0 Å². The maximum Gasteiger partial charge on any atom is 0.410 e. The zero-order chi connectivity index (χ0) is 30.0. The van der Waals surface area contributed by atoms with Crippen LogP contribution in [-0.2, 0) is 32.2 Å². The van der Waals surface area contributed by atoms with Crippen molar-refractivity contribution in [3.05, 3.63) is 71.8 Å². The first-order chi connectivity index (χ1) is 19.4. The lowest BCUT2D eigenvalue weighted by Crippen LogP contribution is -2.52. The van der Waals surface area contributed by atoms with Crippen molar-refractivity contribution in [2.24, 2.45) is 5.41 Å². The van der Waals surface area contributed by atoms with Crippen LogP contribution in [0.25, 0.3) is 0 Å². The highest BCUT2D eigenvalue weighted by Gasteiger charge is 2.50. The van der Waals surface area contributed by atoms with Crippen LogP contribution in [0.2, 0.25) is 0 Å². The molecule has 2 aromatic rings. The highest BCUT2D eigenvalue weighted by atomic mass is 16.6. The van der Waals surface area contributed by atoms with E-state index in [-0.39, 0.29) is 24.2 Å². The van der Waals surface area contributed by atoms with Gasteiger partial charge in [-0.15, -0.1) is 0 Å². The van der Waals surface area contributed by atoms with Gasteiger partial charge in [-0.25, -0.2) is 4.79 Å². The van der Waals surface area contributed by atoms with Crippen LogP contribution in [0.5, 0.6) is 0 Å². The van der Waals surface area contributed by atoms with Gasteiger partial charge < -0.3 is 29.0 Å². The molecule has 0 radical (unpaired) electrons. The fourth-order valence-electron chi connectivity index (χ4n) is 5.18. The summed E-state index contributed by atoms with van der Waals surface area (Å²) in [6.07, 6.45) is 1.20. The topological polar surface area (TPSA) is 77.5 Å². The van der Waals surface area contributed by atoms with E-state index in [0.717, 1.165) is 30.4 Å². The van der Waals surface area contributed by atoms with Crippen molar-refractivity contribution in [3.63, 3.8) is 0 Å². The summed E-state index contributed by atoms with van der Waals surface area (Å²) in [5, 5.41) is 11.2. The van der Waals surface area contributed by atoms with Crippen LogP contribution >= 0.6 is 0 Å². The van der Waals surface area contributed by atoms with E-state index in [1.807, 2.05) is 81.4 Å². The Morgan fingerprint density at radius 3 is 1.95 bits per heavy atom. The van der Waals surface area contributed by atoms with E-state index in [1.165, 1.54) is 0 Å². The third-order valence-electron chi connectivity index (χ3n) is 7.81. The van der Waals surface area contributed by atoms with Crippen molar-refractivity contribution >= 4 is 6.09 Å². The van der Waals surface area contributed by atoms with Crippen molar-refractivity contribution in [1.82, 2.24) is 4.90 Å². The number of nitrogens with zero attached hydrogens (tertiary/aromatic N) is 1. The van der Waals surface area contributed by atoms with Gasteiger partial charge in [0.2, 0.25) is 0 Å². The zero-order valence-electron chi connectivity index (χ0n) is 26.0. The summed E-state index contributed by atoms with van der Waals surface area (Å²) < 4.78 is 25.2. The van der Waals surface area contributed by atoms with E-state index in [2.05, 4.69) is 20.8 Å². The standard InChI is InChI=1S/C34H51NO6/c1-8-9-20-34(5,6)29(36)24-40-31-28(39-23-26-18-14-11-15-19-26)21-27(38-22-25-16-12-10-13-17-25)30(31)35(7)32(37)41-33(2,3)4/h10-19,27-31,36H,8-9,20-24H2,1-7H3/t27-,28+,29?,30+,31+/m1/s1. The number of benzene rings is 2. The normalized spacial score (nSPS) is 22.0. The largest absolute Gasteiger partial charge is 0.444 e. The second-order valence-corrected chi connectivity index (χ2v) is 12.9. The number of hydrogen-bond acceptors (Lipinski definition) is 6. The molecule has 1 unspecified atom stereocenters. The highest BCUT2D eigenvalue weighted by molar-refractivity contribution is 5.68. The Morgan fingerprint density at radius 2 is 1.44 bits per heavy atom. The second kappa shape index (κ2) is 15.1. The summed E-state index contributed by atoms with van der Waals surface area (Å²) >= 11 is 0. The predicted molar refractivity (Wildman–Crippen MR) is 161 cm³/mol. The molecule has 0 saturated heterocycles. The Labute approximate surface area is 247 Å². The first-order valence-electron chi connectivity index (χ1n) is 15.0. The molecule has 2 aromatic carbocycles. The Balaban J connectivity index is 1.86. The number of carbonyl (C=O) groups excluding carboxylic acids is 1. The first kappa shape index (κ1) is 33.1. The summed E-state index contributed by atoms with van der Waals surface area (Å²) in [4.78, 5) is 14.9. The van der Waals surface area contributed by atoms with Crippen molar-refractivity contribution in [3.8, 4) is 0 Å². The van der Waals surface area contributed by atoms with Gasteiger partial charge in [-0.1, -0.05) is 94.3 Å². The van der Waals surface area contributed by atoms with Gasteiger partial charge in [0.15, 0.2) is 0 Å². The van der Waals surface area contributed by atoms with Crippen LogP contribution in [0.1, 0.15) is 78.4 Å². The van der Waals surface area contributed by atoms with Crippen LogP contribution in [0, 0.1) is 5.41 Å². The molecule has 1 saturated carbocycles. The maximum absolute atomic E-state index is 13.3. The highest BCUT2D eigenvalue weighted by Crippen LogP contribution is 2.35. The molecular formula is C34H51NO6. The van der Waals surface area contributed by atoms with Crippen LogP contribution in [0.15, 0.2) is 60.7 Å². The van der Waals surface area contributed by atoms with E-state index >= 15 is 0 Å². The average Bonchev–Trinajstić information content (AvgIpc) is 3.29. The third kappa shape index (κ3) is 10.1.